The lowest BCUT2D eigenvalue weighted by molar-refractivity contribution is 0.556. The molecule has 0 saturated carbocycles. The van der Waals surface area contributed by atoms with E-state index in [0.717, 1.165) is 5.75 Å². The van der Waals surface area contributed by atoms with Crippen LogP contribution < -0.4 is 4.18 Å². The lowest BCUT2D eigenvalue weighted by Gasteiger charge is -2.04. The molecule has 20 heavy (non-hydrogen) atoms. The quantitative estimate of drug-likeness (QED) is 0.267. The molecule has 0 aromatic heterocycles. The van der Waals surface area contributed by atoms with Crippen molar-refractivity contribution in [1.82, 2.24) is 0 Å². The number of hydrogen-bond donors (Lipinski definition) is 1. The van der Waals surface area contributed by atoms with Crippen LogP contribution in [0.4, 0.5) is 0 Å². The maximum atomic E-state index is 4.87. The van der Waals surface area contributed by atoms with E-state index in [0.29, 0.717) is 0 Å². The summed E-state index contributed by atoms with van der Waals surface area (Å²) in [4.78, 5) is 0. The lowest BCUT2D eigenvalue weighted by atomic mass is 10.0. The van der Waals surface area contributed by atoms with E-state index in [-0.39, 0.29) is 0 Å². The van der Waals surface area contributed by atoms with Gasteiger partial charge in [0.15, 0.2) is 0 Å². The molecular formula is C18H30OS. The molecule has 0 aliphatic heterocycles. The van der Waals surface area contributed by atoms with Gasteiger partial charge in [-0.05, 0) is 30.5 Å². The maximum absolute atomic E-state index is 4.87. The number of thiol groups is 1. The van der Waals surface area contributed by atoms with Crippen LogP contribution in [-0.4, -0.2) is 0 Å². The standard InChI is InChI=1S/C18H30OS/c1-2-3-4-5-6-7-8-9-10-11-12-17-13-15-18(19-20)16-14-17/h13-16,20H,2-12H2,1H3. The van der Waals surface area contributed by atoms with Gasteiger partial charge in [0.2, 0.25) is 0 Å². The highest BCUT2D eigenvalue weighted by atomic mass is 32.1. The van der Waals surface area contributed by atoms with Crippen LogP contribution in [0.25, 0.3) is 0 Å². The normalized spacial score (nSPS) is 10.7. The maximum Gasteiger partial charge on any atom is 0.137 e. The Morgan fingerprint density at radius 3 is 1.75 bits per heavy atom. The molecule has 0 radical (unpaired) electrons. The van der Waals surface area contributed by atoms with Gasteiger partial charge in [0.25, 0.3) is 0 Å². The first-order valence-electron chi connectivity index (χ1n) is 8.27. The molecule has 0 amide bonds. The molecule has 1 aromatic carbocycles. The fourth-order valence-corrected chi connectivity index (χ4v) is 2.66. The Morgan fingerprint density at radius 2 is 1.25 bits per heavy atom. The molecule has 0 fully saturated rings. The van der Waals surface area contributed by atoms with Crippen molar-refractivity contribution in [2.24, 2.45) is 0 Å². The monoisotopic (exact) mass is 294 g/mol. The summed E-state index contributed by atoms with van der Waals surface area (Å²) in [7, 11) is 0. The minimum Gasteiger partial charge on any atom is -0.429 e. The molecule has 0 aliphatic carbocycles. The van der Waals surface area contributed by atoms with Crippen LogP contribution >= 0.6 is 12.9 Å². The molecule has 0 N–H and O–H groups in total. The van der Waals surface area contributed by atoms with E-state index in [1.165, 1.54) is 76.2 Å². The van der Waals surface area contributed by atoms with E-state index in [4.69, 9.17) is 4.18 Å². The molecule has 0 unspecified atom stereocenters. The van der Waals surface area contributed by atoms with E-state index >= 15 is 0 Å². The molecule has 0 saturated heterocycles. The molecular weight excluding hydrogens is 264 g/mol. The Balaban J connectivity index is 1.91. The van der Waals surface area contributed by atoms with Gasteiger partial charge in [0.1, 0.15) is 5.75 Å². The van der Waals surface area contributed by atoms with Crippen molar-refractivity contribution in [1.29, 1.82) is 0 Å². The molecule has 0 aliphatic rings. The molecule has 1 rings (SSSR count). The van der Waals surface area contributed by atoms with Crippen molar-refractivity contribution in [3.05, 3.63) is 29.8 Å². The van der Waals surface area contributed by atoms with E-state index in [9.17, 15) is 0 Å². The Bertz CT molecular complexity index is 321. The largest absolute Gasteiger partial charge is 0.429 e. The summed E-state index contributed by atoms with van der Waals surface area (Å²) in [5.74, 6) is 0.820. The van der Waals surface area contributed by atoms with Crippen molar-refractivity contribution in [2.45, 2.75) is 77.6 Å². The highest BCUT2D eigenvalue weighted by Gasteiger charge is 1.96. The molecule has 1 nitrogen and oxygen atoms in total. The molecule has 0 atom stereocenters. The first-order chi connectivity index (χ1) is 9.86. The highest BCUT2D eigenvalue weighted by Crippen LogP contribution is 2.16. The summed E-state index contributed by atoms with van der Waals surface area (Å²) in [6.45, 7) is 2.28. The van der Waals surface area contributed by atoms with E-state index in [1.807, 2.05) is 12.1 Å². The van der Waals surface area contributed by atoms with Crippen molar-refractivity contribution >= 4 is 12.9 Å². The van der Waals surface area contributed by atoms with Crippen LogP contribution in [0.5, 0.6) is 5.75 Å². The van der Waals surface area contributed by atoms with E-state index < -0.39 is 0 Å². The minimum absolute atomic E-state index is 0.820. The van der Waals surface area contributed by atoms with Crippen LogP contribution in [0.3, 0.4) is 0 Å². The van der Waals surface area contributed by atoms with Crippen molar-refractivity contribution in [2.75, 3.05) is 0 Å². The smallest absolute Gasteiger partial charge is 0.137 e. The van der Waals surface area contributed by atoms with Crippen molar-refractivity contribution in [3.63, 3.8) is 0 Å². The van der Waals surface area contributed by atoms with Gasteiger partial charge in [-0.1, -0.05) is 76.8 Å². The Hall–Kier alpha value is -0.630. The fraction of sp³-hybridized carbons (Fsp3) is 0.667. The molecule has 0 heterocycles. The Morgan fingerprint density at radius 1 is 0.750 bits per heavy atom. The second-order valence-corrected chi connectivity index (χ2v) is 5.85. The fourth-order valence-electron chi connectivity index (χ4n) is 2.53. The number of benzene rings is 1. The first kappa shape index (κ1) is 17.4. The van der Waals surface area contributed by atoms with Gasteiger partial charge in [-0.15, -0.1) is 0 Å². The van der Waals surface area contributed by atoms with E-state index in [2.05, 4.69) is 32.0 Å². The summed E-state index contributed by atoms with van der Waals surface area (Å²) < 4.78 is 4.87. The third kappa shape index (κ3) is 8.52. The van der Waals surface area contributed by atoms with E-state index in [1.54, 1.807) is 0 Å². The van der Waals surface area contributed by atoms with Gasteiger partial charge >= 0.3 is 0 Å². The zero-order chi connectivity index (χ0) is 14.5. The zero-order valence-electron chi connectivity index (χ0n) is 12.9. The van der Waals surface area contributed by atoms with Gasteiger partial charge in [-0.3, -0.25) is 0 Å². The van der Waals surface area contributed by atoms with Crippen molar-refractivity contribution in [3.8, 4) is 5.75 Å². The summed E-state index contributed by atoms with van der Waals surface area (Å²) in [6, 6.07) is 8.25. The second kappa shape index (κ2) is 12.1. The number of unbranched alkanes of at least 4 members (excludes halogenated alkanes) is 9. The second-order valence-electron chi connectivity index (χ2n) is 5.67. The number of hydrogen-bond acceptors (Lipinski definition) is 2. The van der Waals surface area contributed by atoms with Gasteiger partial charge in [0, 0.05) is 12.9 Å². The average molecular weight is 295 g/mol. The van der Waals surface area contributed by atoms with Crippen LogP contribution in [0.1, 0.15) is 76.7 Å². The number of aryl methyl sites for hydroxylation is 1. The number of rotatable bonds is 12. The third-order valence-corrected chi connectivity index (χ3v) is 4.06. The van der Waals surface area contributed by atoms with Crippen molar-refractivity contribution < 1.29 is 4.18 Å². The van der Waals surface area contributed by atoms with Crippen LogP contribution in [0.2, 0.25) is 0 Å². The Kier molecular flexibility index (Phi) is 10.6. The lowest BCUT2D eigenvalue weighted by Crippen LogP contribution is -1.87. The predicted octanol–water partition coefficient (Wildman–Crippen LogP) is 6.37. The molecule has 114 valence electrons. The van der Waals surface area contributed by atoms with Gasteiger partial charge in [-0.25, -0.2) is 0 Å². The van der Waals surface area contributed by atoms with Gasteiger partial charge < -0.3 is 4.18 Å². The molecule has 1 aromatic rings. The first-order valence-corrected chi connectivity index (χ1v) is 8.63. The summed E-state index contributed by atoms with van der Waals surface area (Å²) >= 11 is 3.79. The summed E-state index contributed by atoms with van der Waals surface area (Å²) in [6.07, 6.45) is 15.2. The average Bonchev–Trinajstić information content (AvgIpc) is 2.50. The SMILES string of the molecule is CCCCCCCCCCCCc1ccc(OS)cc1. The predicted molar refractivity (Wildman–Crippen MR) is 91.6 cm³/mol. The minimum atomic E-state index is 0.820. The van der Waals surface area contributed by atoms with Crippen LogP contribution in [-0.2, 0) is 6.42 Å². The zero-order valence-corrected chi connectivity index (χ0v) is 13.8. The van der Waals surface area contributed by atoms with Gasteiger partial charge in [0.05, 0.1) is 0 Å². The third-order valence-electron chi connectivity index (χ3n) is 3.85. The molecule has 2 heteroatoms. The summed E-state index contributed by atoms with van der Waals surface area (Å²) in [5.41, 5.74) is 1.40. The topological polar surface area (TPSA) is 9.23 Å². The molecule has 0 bridgehead atoms. The Labute approximate surface area is 130 Å². The molecule has 0 spiro atoms. The van der Waals surface area contributed by atoms with Crippen LogP contribution in [0.15, 0.2) is 24.3 Å². The van der Waals surface area contributed by atoms with Gasteiger partial charge in [-0.2, -0.15) is 0 Å². The van der Waals surface area contributed by atoms with Crippen LogP contribution in [0, 0.1) is 0 Å². The highest BCUT2D eigenvalue weighted by molar-refractivity contribution is 7.75. The summed E-state index contributed by atoms with van der Waals surface area (Å²) in [5, 5.41) is 0.